The van der Waals surface area contributed by atoms with Crippen LogP contribution in [0.5, 0.6) is 0 Å². The third kappa shape index (κ3) is 3.08. The summed E-state index contributed by atoms with van der Waals surface area (Å²) in [6.45, 7) is 0.566. The number of rotatable bonds is 4. The molecule has 0 spiro atoms. The van der Waals surface area contributed by atoms with E-state index in [2.05, 4.69) is 78.3 Å². The van der Waals surface area contributed by atoms with Crippen molar-refractivity contribution in [2.75, 3.05) is 0 Å². The lowest BCUT2D eigenvalue weighted by molar-refractivity contribution is 0.0737. The highest BCUT2D eigenvalue weighted by Crippen LogP contribution is 2.46. The minimum Gasteiger partial charge on any atom is -0.343 e. The summed E-state index contributed by atoms with van der Waals surface area (Å²) < 4.78 is 2.27. The van der Waals surface area contributed by atoms with Gasteiger partial charge in [0.05, 0.1) is 11.7 Å². The van der Waals surface area contributed by atoms with Gasteiger partial charge in [0.15, 0.2) is 0 Å². The predicted octanol–water partition coefficient (Wildman–Crippen LogP) is 6.59. The molecule has 5 aromatic rings. The molecule has 2 heterocycles. The van der Waals surface area contributed by atoms with Crippen molar-refractivity contribution < 1.29 is 4.79 Å². The number of hydrogen-bond acceptors (Lipinski definition) is 1. The second-order valence-electron chi connectivity index (χ2n) is 8.61. The Hall–Kier alpha value is -4.11. The fraction of sp³-hybridized carbons (Fsp3) is 0.100. The molecule has 1 unspecified atom stereocenters. The SMILES string of the molecule is Cn1c(-c2ccccc2)c(C2c3ccccc3C(=O)N2Cc2ccccc2)c2ccccc21. The van der Waals surface area contributed by atoms with Gasteiger partial charge in [-0.05, 0) is 28.8 Å². The molecule has 1 aliphatic rings. The zero-order chi connectivity index (χ0) is 22.4. The molecule has 0 fully saturated rings. The number of benzene rings is 4. The number of aromatic nitrogens is 1. The van der Waals surface area contributed by atoms with Gasteiger partial charge in [-0.15, -0.1) is 0 Å². The molecule has 33 heavy (non-hydrogen) atoms. The zero-order valence-corrected chi connectivity index (χ0v) is 18.5. The molecular weight excluding hydrogens is 404 g/mol. The number of carbonyl (C=O) groups is 1. The highest BCUT2D eigenvalue weighted by Gasteiger charge is 2.40. The summed E-state index contributed by atoms with van der Waals surface area (Å²) in [7, 11) is 2.12. The van der Waals surface area contributed by atoms with Gasteiger partial charge in [-0.25, -0.2) is 0 Å². The summed E-state index contributed by atoms with van der Waals surface area (Å²) in [6.07, 6.45) is 0. The summed E-state index contributed by atoms with van der Waals surface area (Å²) in [6, 6.07) is 37.2. The lowest BCUT2D eigenvalue weighted by Gasteiger charge is -2.27. The smallest absolute Gasteiger partial charge is 0.255 e. The van der Waals surface area contributed by atoms with Gasteiger partial charge >= 0.3 is 0 Å². The van der Waals surface area contributed by atoms with Crippen molar-refractivity contribution >= 4 is 16.8 Å². The van der Waals surface area contributed by atoms with Crippen LogP contribution < -0.4 is 0 Å². The minimum absolute atomic E-state index is 0.0893. The minimum atomic E-state index is -0.157. The van der Waals surface area contributed by atoms with Gasteiger partial charge < -0.3 is 9.47 Å². The number of nitrogens with zero attached hydrogens (tertiary/aromatic N) is 2. The summed E-state index contributed by atoms with van der Waals surface area (Å²) in [5, 5.41) is 1.19. The van der Waals surface area contributed by atoms with Crippen LogP contribution >= 0.6 is 0 Å². The van der Waals surface area contributed by atoms with Gasteiger partial charge in [0.2, 0.25) is 0 Å². The van der Waals surface area contributed by atoms with E-state index in [1.54, 1.807) is 0 Å². The summed E-state index contributed by atoms with van der Waals surface area (Å²) in [4.78, 5) is 15.7. The standard InChI is InChI=1S/C30H24N2O/c1-31-26-19-11-10-18-25(26)27(28(31)22-14-6-3-7-15-22)29-23-16-8-9-17-24(23)30(33)32(29)20-21-12-4-2-5-13-21/h2-19,29H,20H2,1H3. The molecule has 0 N–H and O–H groups in total. The van der Waals surface area contributed by atoms with E-state index in [9.17, 15) is 4.79 Å². The van der Waals surface area contributed by atoms with E-state index < -0.39 is 0 Å². The van der Waals surface area contributed by atoms with Crippen molar-refractivity contribution in [3.05, 3.63) is 131 Å². The molecule has 1 aromatic heterocycles. The molecule has 1 aliphatic heterocycles. The maximum absolute atomic E-state index is 13.7. The van der Waals surface area contributed by atoms with Crippen LogP contribution in [0.1, 0.15) is 33.1 Å². The van der Waals surface area contributed by atoms with E-state index in [0.717, 1.165) is 27.9 Å². The quantitative estimate of drug-likeness (QED) is 0.317. The Morgan fingerprint density at radius 1 is 0.727 bits per heavy atom. The van der Waals surface area contributed by atoms with Crippen LogP contribution in [0.2, 0.25) is 0 Å². The first-order valence-corrected chi connectivity index (χ1v) is 11.3. The van der Waals surface area contributed by atoms with Gasteiger partial charge in [0.1, 0.15) is 0 Å². The zero-order valence-electron chi connectivity index (χ0n) is 18.5. The third-order valence-electron chi connectivity index (χ3n) is 6.72. The Balaban J connectivity index is 1.64. The van der Waals surface area contributed by atoms with Crippen LogP contribution in [0.25, 0.3) is 22.2 Å². The predicted molar refractivity (Wildman–Crippen MR) is 133 cm³/mol. The molecule has 160 valence electrons. The Morgan fingerprint density at radius 3 is 2.15 bits per heavy atom. The van der Waals surface area contributed by atoms with Gasteiger partial charge in [-0.1, -0.05) is 97.1 Å². The van der Waals surface area contributed by atoms with Crippen molar-refractivity contribution in [3.8, 4) is 11.3 Å². The van der Waals surface area contributed by atoms with Gasteiger partial charge in [0, 0.05) is 35.6 Å². The van der Waals surface area contributed by atoms with Crippen molar-refractivity contribution in [2.45, 2.75) is 12.6 Å². The second-order valence-corrected chi connectivity index (χ2v) is 8.61. The van der Waals surface area contributed by atoms with E-state index in [-0.39, 0.29) is 11.9 Å². The maximum atomic E-state index is 13.7. The Kier molecular flexibility index (Phi) is 4.62. The normalized spacial score (nSPS) is 15.2. The number of fused-ring (bicyclic) bond motifs is 2. The summed E-state index contributed by atoms with van der Waals surface area (Å²) >= 11 is 0. The monoisotopic (exact) mass is 428 g/mol. The second kappa shape index (κ2) is 7.79. The topological polar surface area (TPSA) is 25.2 Å². The highest BCUT2D eigenvalue weighted by atomic mass is 16.2. The van der Waals surface area contributed by atoms with Crippen LogP contribution in [0.3, 0.4) is 0 Å². The van der Waals surface area contributed by atoms with Crippen LogP contribution in [0, 0.1) is 0 Å². The van der Waals surface area contributed by atoms with Gasteiger partial charge in [-0.3, -0.25) is 4.79 Å². The molecule has 0 bridgehead atoms. The van der Waals surface area contributed by atoms with Crippen LogP contribution in [0.4, 0.5) is 0 Å². The summed E-state index contributed by atoms with van der Waals surface area (Å²) in [5.41, 5.74) is 7.67. The lowest BCUT2D eigenvalue weighted by Crippen LogP contribution is -2.28. The molecule has 0 aliphatic carbocycles. The highest BCUT2D eigenvalue weighted by molar-refractivity contribution is 6.02. The van der Waals surface area contributed by atoms with Gasteiger partial charge in [-0.2, -0.15) is 0 Å². The van der Waals surface area contributed by atoms with E-state index in [1.165, 1.54) is 16.5 Å². The van der Waals surface area contributed by atoms with E-state index in [0.29, 0.717) is 6.54 Å². The molecule has 0 radical (unpaired) electrons. The fourth-order valence-electron chi connectivity index (χ4n) is 5.27. The molecule has 1 atom stereocenters. The van der Waals surface area contributed by atoms with Crippen molar-refractivity contribution in [3.63, 3.8) is 0 Å². The van der Waals surface area contributed by atoms with Crippen molar-refractivity contribution in [1.82, 2.24) is 9.47 Å². The average molecular weight is 429 g/mol. The Labute approximate surface area is 193 Å². The summed E-state index contributed by atoms with van der Waals surface area (Å²) in [5.74, 6) is 0.0893. The fourth-order valence-corrected chi connectivity index (χ4v) is 5.27. The molecule has 3 heteroatoms. The first kappa shape index (κ1) is 19.6. The lowest BCUT2D eigenvalue weighted by atomic mass is 9.93. The van der Waals surface area contributed by atoms with Crippen LogP contribution in [0.15, 0.2) is 109 Å². The van der Waals surface area contributed by atoms with Crippen molar-refractivity contribution in [2.24, 2.45) is 7.05 Å². The Bertz CT molecular complexity index is 1470. The van der Waals surface area contributed by atoms with E-state index in [4.69, 9.17) is 0 Å². The molecule has 0 saturated heterocycles. The maximum Gasteiger partial charge on any atom is 0.255 e. The molecule has 1 amide bonds. The number of aryl methyl sites for hydroxylation is 1. The van der Waals surface area contributed by atoms with E-state index >= 15 is 0 Å². The van der Waals surface area contributed by atoms with Crippen LogP contribution in [-0.2, 0) is 13.6 Å². The van der Waals surface area contributed by atoms with Crippen LogP contribution in [-0.4, -0.2) is 15.4 Å². The Morgan fingerprint density at radius 2 is 1.36 bits per heavy atom. The number of carbonyl (C=O) groups excluding carboxylic acids is 1. The molecule has 3 nitrogen and oxygen atoms in total. The third-order valence-corrected chi connectivity index (χ3v) is 6.72. The van der Waals surface area contributed by atoms with Crippen molar-refractivity contribution in [1.29, 1.82) is 0 Å². The first-order valence-electron chi connectivity index (χ1n) is 11.3. The largest absolute Gasteiger partial charge is 0.343 e. The molecular formula is C30H24N2O. The number of hydrogen-bond donors (Lipinski definition) is 0. The number of para-hydroxylation sites is 1. The molecule has 6 rings (SSSR count). The molecule has 4 aromatic carbocycles. The average Bonchev–Trinajstić information content (AvgIpc) is 3.31. The molecule has 0 saturated carbocycles. The number of amides is 1. The van der Waals surface area contributed by atoms with Gasteiger partial charge in [0.25, 0.3) is 5.91 Å². The first-order chi connectivity index (χ1) is 16.2. The van der Waals surface area contributed by atoms with E-state index in [1.807, 2.05) is 47.4 Å².